The zero-order chi connectivity index (χ0) is 17.2. The molecule has 0 fully saturated rings. The van der Waals surface area contributed by atoms with Gasteiger partial charge in [-0.25, -0.2) is 0 Å². The third-order valence-electron chi connectivity index (χ3n) is 4.19. The topological polar surface area (TPSA) is 52.3 Å². The van der Waals surface area contributed by atoms with Crippen LogP contribution < -0.4 is 4.74 Å². The second-order valence-corrected chi connectivity index (χ2v) is 6.68. The number of rotatable bonds is 4. The van der Waals surface area contributed by atoms with Crippen molar-refractivity contribution in [1.29, 1.82) is 0 Å². The highest BCUT2D eigenvalue weighted by Crippen LogP contribution is 2.29. The Labute approximate surface area is 150 Å². The van der Waals surface area contributed by atoms with E-state index in [-0.39, 0.29) is 0 Å². The molecule has 25 heavy (non-hydrogen) atoms. The minimum absolute atomic E-state index is 0.726. The molecule has 1 aliphatic rings. The van der Waals surface area contributed by atoms with Crippen molar-refractivity contribution < 1.29 is 4.74 Å². The Morgan fingerprint density at radius 2 is 1.92 bits per heavy atom. The molecule has 126 valence electrons. The average molecular weight is 350 g/mol. The van der Waals surface area contributed by atoms with Crippen LogP contribution in [0.25, 0.3) is 11.4 Å². The highest BCUT2D eigenvalue weighted by Gasteiger charge is 2.20. The maximum Gasteiger partial charge on any atom is 0.212 e. The van der Waals surface area contributed by atoms with Crippen molar-refractivity contribution in [3.05, 3.63) is 59.7 Å². The van der Waals surface area contributed by atoms with Crippen molar-refractivity contribution in [2.75, 3.05) is 12.9 Å². The van der Waals surface area contributed by atoms with E-state index in [1.165, 1.54) is 5.56 Å². The van der Waals surface area contributed by atoms with E-state index in [2.05, 4.69) is 41.4 Å². The molecule has 1 aliphatic heterocycles. The van der Waals surface area contributed by atoms with Crippen molar-refractivity contribution in [2.24, 2.45) is 5.10 Å². The predicted molar refractivity (Wildman–Crippen MR) is 100 cm³/mol. The molecule has 2 heterocycles. The highest BCUT2D eigenvalue weighted by molar-refractivity contribution is 7.99. The summed E-state index contributed by atoms with van der Waals surface area (Å²) in [6.45, 7) is 2.16. The number of methoxy groups -OCH3 is 1. The summed E-state index contributed by atoms with van der Waals surface area (Å²) in [5.74, 6) is 2.31. The molecule has 3 aromatic rings. The van der Waals surface area contributed by atoms with Gasteiger partial charge < -0.3 is 4.74 Å². The average Bonchev–Trinajstić information content (AvgIpc) is 3.11. The third-order valence-corrected chi connectivity index (χ3v) is 5.12. The van der Waals surface area contributed by atoms with E-state index in [0.29, 0.717) is 0 Å². The smallest absolute Gasteiger partial charge is 0.212 e. The monoisotopic (exact) mass is 350 g/mol. The minimum Gasteiger partial charge on any atom is -0.497 e. The minimum atomic E-state index is 0.726. The Hall–Kier alpha value is -2.60. The number of thioether (sulfide) groups is 1. The molecule has 1 aromatic heterocycles. The van der Waals surface area contributed by atoms with Crippen molar-refractivity contribution in [1.82, 2.24) is 14.9 Å². The number of nitrogens with zero attached hydrogens (tertiary/aromatic N) is 4. The molecule has 0 atom stereocenters. The van der Waals surface area contributed by atoms with Gasteiger partial charge in [0.1, 0.15) is 5.75 Å². The molecule has 0 bridgehead atoms. The molecular weight excluding hydrogens is 332 g/mol. The normalized spacial score (nSPS) is 13.3. The highest BCUT2D eigenvalue weighted by atomic mass is 32.2. The molecule has 0 N–H and O–H groups in total. The number of fused-ring (bicyclic) bond motifs is 1. The maximum atomic E-state index is 5.31. The summed E-state index contributed by atoms with van der Waals surface area (Å²) >= 11 is 1.65. The summed E-state index contributed by atoms with van der Waals surface area (Å²) in [5.41, 5.74) is 4.43. The van der Waals surface area contributed by atoms with Gasteiger partial charge in [0.25, 0.3) is 0 Å². The second-order valence-electron chi connectivity index (χ2n) is 5.74. The fourth-order valence-electron chi connectivity index (χ4n) is 2.74. The fraction of sp³-hybridized carbons (Fsp3) is 0.211. The van der Waals surface area contributed by atoms with Crippen LogP contribution in [0.2, 0.25) is 0 Å². The summed E-state index contributed by atoms with van der Waals surface area (Å²) in [7, 11) is 1.66. The summed E-state index contributed by atoms with van der Waals surface area (Å²) in [5, 5.41) is 14.2. The van der Waals surface area contributed by atoms with Crippen LogP contribution in [0.5, 0.6) is 5.75 Å². The lowest BCUT2D eigenvalue weighted by molar-refractivity contribution is 0.415. The number of benzene rings is 2. The van der Waals surface area contributed by atoms with Crippen LogP contribution in [0.3, 0.4) is 0 Å². The van der Waals surface area contributed by atoms with Gasteiger partial charge in [-0.1, -0.05) is 55.1 Å². The molecule has 0 amide bonds. The van der Waals surface area contributed by atoms with E-state index in [1.54, 1.807) is 18.9 Å². The van der Waals surface area contributed by atoms with Gasteiger partial charge in [-0.05, 0) is 29.7 Å². The van der Waals surface area contributed by atoms with Crippen LogP contribution in [0, 0.1) is 0 Å². The molecular formula is C19H18N4OS. The van der Waals surface area contributed by atoms with E-state index < -0.39 is 0 Å². The number of hydrogen-bond acceptors (Lipinski definition) is 5. The van der Waals surface area contributed by atoms with Gasteiger partial charge in [-0.2, -0.15) is 9.78 Å². The Bertz CT molecular complexity index is 931. The standard InChI is InChI=1S/C19H18N4OS/c1-3-13-7-9-14(10-8-13)17-12-25-19-21-20-18(23(19)22-17)15-5-4-6-16(11-15)24-2/h4-11H,3,12H2,1-2H3. The lowest BCUT2D eigenvalue weighted by Crippen LogP contribution is -2.13. The first-order valence-electron chi connectivity index (χ1n) is 8.18. The van der Waals surface area contributed by atoms with Gasteiger partial charge in [0.15, 0.2) is 5.82 Å². The first kappa shape index (κ1) is 15.9. The zero-order valence-corrected chi connectivity index (χ0v) is 15.0. The molecule has 0 radical (unpaired) electrons. The molecule has 5 nitrogen and oxygen atoms in total. The Morgan fingerprint density at radius 1 is 1.08 bits per heavy atom. The molecule has 0 unspecified atom stereocenters. The van der Waals surface area contributed by atoms with Crippen LogP contribution in [-0.4, -0.2) is 33.4 Å². The molecule has 0 spiro atoms. The van der Waals surface area contributed by atoms with Crippen molar-refractivity contribution >= 4 is 17.5 Å². The van der Waals surface area contributed by atoms with Gasteiger partial charge in [0, 0.05) is 11.3 Å². The SMILES string of the molecule is CCc1ccc(C2=Nn3c(nnc3-c3cccc(OC)c3)SC2)cc1. The van der Waals surface area contributed by atoms with Crippen molar-refractivity contribution in [3.63, 3.8) is 0 Å². The zero-order valence-electron chi connectivity index (χ0n) is 14.1. The number of ether oxygens (including phenoxy) is 1. The maximum absolute atomic E-state index is 5.31. The molecule has 2 aromatic carbocycles. The van der Waals surface area contributed by atoms with Gasteiger partial charge in [-0.15, -0.1) is 10.2 Å². The number of hydrogen-bond donors (Lipinski definition) is 0. The predicted octanol–water partition coefficient (Wildman–Crippen LogP) is 3.87. The largest absolute Gasteiger partial charge is 0.497 e. The molecule has 0 saturated heterocycles. The van der Waals surface area contributed by atoms with E-state index in [9.17, 15) is 0 Å². The first-order valence-corrected chi connectivity index (χ1v) is 9.17. The summed E-state index contributed by atoms with van der Waals surface area (Å²) in [6, 6.07) is 16.4. The van der Waals surface area contributed by atoms with Crippen molar-refractivity contribution in [2.45, 2.75) is 18.5 Å². The summed E-state index contributed by atoms with van der Waals surface area (Å²) in [6.07, 6.45) is 1.04. The fourth-order valence-corrected chi connectivity index (χ4v) is 3.58. The lowest BCUT2D eigenvalue weighted by Gasteiger charge is -2.14. The molecule has 0 saturated carbocycles. The van der Waals surface area contributed by atoms with Crippen LogP contribution >= 0.6 is 11.8 Å². The Balaban J connectivity index is 1.74. The lowest BCUT2D eigenvalue weighted by atomic mass is 10.1. The molecule has 4 rings (SSSR count). The van der Waals surface area contributed by atoms with E-state index in [1.807, 2.05) is 28.9 Å². The van der Waals surface area contributed by atoms with Crippen LogP contribution in [-0.2, 0) is 6.42 Å². The van der Waals surface area contributed by atoms with Crippen LogP contribution in [0.15, 0.2) is 58.8 Å². The molecule has 6 heteroatoms. The summed E-state index contributed by atoms with van der Waals surface area (Å²) in [4.78, 5) is 0. The van der Waals surface area contributed by atoms with Crippen LogP contribution in [0.1, 0.15) is 18.1 Å². The summed E-state index contributed by atoms with van der Waals surface area (Å²) < 4.78 is 7.14. The second kappa shape index (κ2) is 6.72. The van der Waals surface area contributed by atoms with Crippen LogP contribution in [0.4, 0.5) is 0 Å². The number of aromatic nitrogens is 3. The van der Waals surface area contributed by atoms with E-state index in [0.717, 1.165) is 45.7 Å². The molecule has 0 aliphatic carbocycles. The van der Waals surface area contributed by atoms with E-state index in [4.69, 9.17) is 9.84 Å². The Morgan fingerprint density at radius 3 is 2.68 bits per heavy atom. The quantitative estimate of drug-likeness (QED) is 0.717. The van der Waals surface area contributed by atoms with Gasteiger partial charge in [0.2, 0.25) is 5.16 Å². The third kappa shape index (κ3) is 3.05. The van der Waals surface area contributed by atoms with Gasteiger partial charge in [-0.3, -0.25) is 0 Å². The van der Waals surface area contributed by atoms with E-state index >= 15 is 0 Å². The first-order chi connectivity index (χ1) is 12.3. The Kier molecular flexibility index (Phi) is 4.28. The van der Waals surface area contributed by atoms with Gasteiger partial charge >= 0.3 is 0 Å². The van der Waals surface area contributed by atoms with Crippen molar-refractivity contribution in [3.8, 4) is 17.1 Å². The van der Waals surface area contributed by atoms with Gasteiger partial charge in [0.05, 0.1) is 12.8 Å². The number of aryl methyl sites for hydroxylation is 1.